The molecule has 0 radical (unpaired) electrons. The Hall–Kier alpha value is -9.61. The van der Waals surface area contributed by atoms with Crippen molar-refractivity contribution in [3.63, 3.8) is 0 Å². The second-order valence-electron chi connectivity index (χ2n) is 23.8. The average Bonchev–Trinajstić information content (AvgIpc) is 2.12. The highest BCUT2D eigenvalue weighted by Gasteiger charge is 2.35. The molecule has 10 aromatic rings. The molecule has 2 aliphatic heterocycles. The Morgan fingerprint density at radius 1 is 0.529 bits per heavy atom. The number of nitrogens with zero attached hydrogens (tertiary/aromatic N) is 5. The Labute approximate surface area is 511 Å². The SMILES string of the molecule is CC(C)(C)OC(=O)Cc1ccc2c(c1)cc(-c1ccc(-c3cnc([C@@H]4CCCN4C(=O)OCc4ccccc4)[nH]3)cc1)n2C(=O)OC(C)(C)C.Cl.Nc1ccc2[nH]c(-c3ccc(-c4cnc([C@@H]5CCCN5C(=O)OCc5ccccc5)[nH]4)cc3)cc2c1. The van der Waals surface area contributed by atoms with Crippen LogP contribution in [-0.4, -0.2) is 87.8 Å². The molecule has 6 heterocycles. The van der Waals surface area contributed by atoms with Gasteiger partial charge in [0, 0.05) is 40.8 Å². The first-order chi connectivity index (χ1) is 41.4. The van der Waals surface area contributed by atoms with Crippen LogP contribution in [0.3, 0.4) is 0 Å². The summed E-state index contributed by atoms with van der Waals surface area (Å²) < 4.78 is 24.1. The normalized spacial score (nSPS) is 15.0. The highest BCUT2D eigenvalue weighted by atomic mass is 35.5. The number of imidazole rings is 2. The number of hydrogen-bond acceptors (Lipinski definition) is 11. The van der Waals surface area contributed by atoms with E-state index in [2.05, 4.69) is 55.3 Å². The van der Waals surface area contributed by atoms with E-state index in [1.807, 2.05) is 175 Å². The van der Waals surface area contributed by atoms with Gasteiger partial charge in [-0.15, -0.1) is 12.4 Å². The third-order valence-corrected chi connectivity index (χ3v) is 15.1. The summed E-state index contributed by atoms with van der Waals surface area (Å²) in [7, 11) is 0. The number of benzene rings is 6. The van der Waals surface area contributed by atoms with E-state index in [-0.39, 0.29) is 62.3 Å². The molecule has 5 N–H and O–H groups in total. The van der Waals surface area contributed by atoms with Gasteiger partial charge in [-0.2, -0.15) is 0 Å². The molecule has 448 valence electrons. The van der Waals surface area contributed by atoms with E-state index in [9.17, 15) is 19.2 Å². The van der Waals surface area contributed by atoms with E-state index in [0.717, 1.165) is 110 Å². The Morgan fingerprint density at radius 2 is 1.03 bits per heavy atom. The van der Waals surface area contributed by atoms with Crippen molar-refractivity contribution in [2.45, 2.75) is 110 Å². The molecule has 0 saturated carbocycles. The zero-order valence-corrected chi connectivity index (χ0v) is 50.5. The van der Waals surface area contributed by atoms with Crippen molar-refractivity contribution in [3.05, 3.63) is 198 Å². The smallest absolute Gasteiger partial charge is 0.419 e. The van der Waals surface area contributed by atoms with Crippen molar-refractivity contribution in [2.75, 3.05) is 18.8 Å². The van der Waals surface area contributed by atoms with E-state index in [0.29, 0.717) is 30.1 Å². The van der Waals surface area contributed by atoms with Gasteiger partial charge in [-0.1, -0.05) is 115 Å². The van der Waals surface area contributed by atoms with E-state index in [4.69, 9.17) is 24.7 Å². The lowest BCUT2D eigenvalue weighted by Gasteiger charge is -2.22. The number of nitrogens with two attached hydrogens (primary N) is 1. The topological polar surface area (TPSA) is 216 Å². The lowest BCUT2D eigenvalue weighted by Crippen LogP contribution is -2.31. The predicted molar refractivity (Wildman–Crippen MR) is 340 cm³/mol. The number of rotatable bonds is 12. The minimum Gasteiger partial charge on any atom is -0.460 e. The van der Waals surface area contributed by atoms with Gasteiger partial charge in [-0.3, -0.25) is 14.6 Å². The monoisotopic (exact) mass is 1190 g/mol. The number of nitrogen functional groups attached to an aromatic ring is 1. The van der Waals surface area contributed by atoms with E-state index in [1.54, 1.807) is 20.6 Å². The molecule has 0 unspecified atom stereocenters. The summed E-state index contributed by atoms with van der Waals surface area (Å²) in [6.45, 7) is 12.8. The number of amides is 2. The van der Waals surface area contributed by atoms with E-state index in [1.165, 1.54) is 0 Å². The summed E-state index contributed by atoms with van der Waals surface area (Å²) in [4.78, 5) is 75.0. The van der Waals surface area contributed by atoms with Gasteiger partial charge in [0.05, 0.1) is 53.5 Å². The molecule has 4 aromatic heterocycles. The number of carbonyl (C=O) groups excluding carboxylic acids is 4. The molecule has 2 fully saturated rings. The van der Waals surface area contributed by atoms with Crippen molar-refractivity contribution in [1.82, 2.24) is 39.3 Å². The lowest BCUT2D eigenvalue weighted by atomic mass is 10.1. The Balaban J connectivity index is 0.000000200. The fourth-order valence-electron chi connectivity index (χ4n) is 11.0. The number of aromatic nitrogens is 6. The summed E-state index contributed by atoms with van der Waals surface area (Å²) in [5, 5.41) is 1.90. The third kappa shape index (κ3) is 14.6. The second-order valence-corrected chi connectivity index (χ2v) is 23.8. The molecular weight excluding hydrogens is 1120 g/mol. The minimum absolute atomic E-state index is 0. The highest BCUT2D eigenvalue weighted by Crippen LogP contribution is 2.37. The van der Waals surface area contributed by atoms with Crippen LogP contribution in [0.5, 0.6) is 0 Å². The maximum Gasteiger partial charge on any atom is 0.419 e. The molecule has 18 heteroatoms. The van der Waals surface area contributed by atoms with Crippen LogP contribution in [0.25, 0.3) is 66.8 Å². The van der Waals surface area contributed by atoms with Gasteiger partial charge in [-0.05, 0) is 149 Å². The van der Waals surface area contributed by atoms with Gasteiger partial charge < -0.3 is 39.6 Å². The average molecular weight is 1190 g/mol. The first-order valence-electron chi connectivity index (χ1n) is 29.1. The van der Waals surface area contributed by atoms with Crippen molar-refractivity contribution in [3.8, 4) is 45.0 Å². The van der Waals surface area contributed by atoms with Crippen LogP contribution in [0.2, 0.25) is 0 Å². The number of esters is 1. The molecule has 12 rings (SSSR count). The number of fused-ring (bicyclic) bond motifs is 2. The number of hydrogen-bond donors (Lipinski definition) is 4. The molecule has 2 atom stereocenters. The van der Waals surface area contributed by atoms with Gasteiger partial charge >= 0.3 is 24.2 Å². The molecule has 0 spiro atoms. The van der Waals surface area contributed by atoms with Crippen molar-refractivity contribution in [1.29, 1.82) is 0 Å². The molecular formula is C69H72ClN9O8. The quantitative estimate of drug-likeness (QED) is 0.0513. The number of aromatic amines is 3. The van der Waals surface area contributed by atoms with Crippen molar-refractivity contribution in [2.24, 2.45) is 0 Å². The first kappa shape index (κ1) is 60.5. The van der Waals surface area contributed by atoms with Gasteiger partial charge in [0.2, 0.25) is 0 Å². The summed E-state index contributed by atoms with van der Waals surface area (Å²) in [5.41, 5.74) is 17.1. The Bertz CT molecular complexity index is 4030. The lowest BCUT2D eigenvalue weighted by molar-refractivity contribution is -0.153. The van der Waals surface area contributed by atoms with Crippen molar-refractivity contribution < 1.29 is 38.1 Å². The van der Waals surface area contributed by atoms with Gasteiger partial charge in [0.1, 0.15) is 36.1 Å². The second kappa shape index (κ2) is 25.9. The standard InChI is InChI=1S/C40H44N4O6.C29H27N5O2.ClH/c1-39(2,3)49-35(45)22-27-14-19-32-30(21-27)23-34(44(32)38(47)50-40(4,5)6)29-17-15-28(16-18-29)31-24-41-36(42-31)33-13-10-20-43(33)37(46)48-25-26-11-8-7-9-12-26;30-23-12-13-24-22(15-23)16-25(32-24)20-8-10-21(11-9-20)26-17-31-28(33-26)27-7-4-14-34(27)29(35)36-18-19-5-2-1-3-6-19;/h7-9,11-12,14-19,21,23-24,33H,10,13,20,22,25H2,1-6H3,(H,41,42);1-3,5-6,8-13,15-17,27,32H,4,7,14,18,30H2,(H,31,33);1H/t33-;27-;/m00./s1. The van der Waals surface area contributed by atoms with Crippen molar-refractivity contribution >= 4 is 64.1 Å². The molecule has 87 heavy (non-hydrogen) atoms. The molecule has 2 saturated heterocycles. The number of carbonyl (C=O) groups is 4. The highest BCUT2D eigenvalue weighted by molar-refractivity contribution is 5.97. The summed E-state index contributed by atoms with van der Waals surface area (Å²) >= 11 is 0. The molecule has 0 aliphatic carbocycles. The fraction of sp³-hybridized carbons (Fsp3) is 0.275. The Kier molecular flexibility index (Phi) is 18.0. The summed E-state index contributed by atoms with van der Waals surface area (Å²) in [5.74, 6) is 1.19. The Morgan fingerprint density at radius 3 is 1.55 bits per heavy atom. The number of H-pyrrole nitrogens is 3. The van der Waals surface area contributed by atoms with Crippen LogP contribution in [0.4, 0.5) is 20.1 Å². The minimum atomic E-state index is -0.697. The van der Waals surface area contributed by atoms with Crippen LogP contribution < -0.4 is 5.73 Å². The molecule has 17 nitrogen and oxygen atoms in total. The molecule has 2 aliphatic rings. The van der Waals surface area contributed by atoms with Gasteiger partial charge in [0.25, 0.3) is 0 Å². The molecule has 6 aromatic carbocycles. The van der Waals surface area contributed by atoms with Crippen LogP contribution in [0, 0.1) is 0 Å². The zero-order valence-electron chi connectivity index (χ0n) is 49.7. The first-order valence-corrected chi connectivity index (χ1v) is 29.1. The van der Waals surface area contributed by atoms with E-state index >= 15 is 0 Å². The van der Waals surface area contributed by atoms with Crippen LogP contribution in [0.1, 0.15) is 108 Å². The number of likely N-dealkylation sites (tertiary alicyclic amines) is 2. The predicted octanol–water partition coefficient (Wildman–Crippen LogP) is 15.5. The molecule has 0 bridgehead atoms. The number of nitrogens with one attached hydrogen (secondary N) is 3. The van der Waals surface area contributed by atoms with Crippen LogP contribution in [-0.2, 0) is 43.4 Å². The number of halogens is 1. The van der Waals surface area contributed by atoms with Crippen LogP contribution in [0.15, 0.2) is 170 Å². The van der Waals surface area contributed by atoms with Crippen LogP contribution >= 0.6 is 12.4 Å². The molecule has 2 amide bonds. The zero-order chi connectivity index (χ0) is 60.1. The van der Waals surface area contributed by atoms with E-state index < -0.39 is 17.3 Å². The maximum atomic E-state index is 13.6. The van der Waals surface area contributed by atoms with Gasteiger partial charge in [-0.25, -0.2) is 28.9 Å². The fourth-order valence-corrected chi connectivity index (χ4v) is 11.0. The maximum absolute atomic E-state index is 13.6. The summed E-state index contributed by atoms with van der Waals surface area (Å²) in [6.07, 6.45) is 6.03. The largest absolute Gasteiger partial charge is 0.460 e. The number of anilines is 1. The summed E-state index contributed by atoms with van der Waals surface area (Å²) in [6, 6.07) is 50.7. The van der Waals surface area contributed by atoms with Gasteiger partial charge in [0.15, 0.2) is 0 Å². The third-order valence-electron chi connectivity index (χ3n) is 15.1. The number of ether oxygens (including phenoxy) is 4.